The number of benzene rings is 4. The number of hydrogen-bond acceptors (Lipinski definition) is 4. The van der Waals surface area contributed by atoms with Crippen molar-refractivity contribution >= 4 is 28.4 Å². The number of rotatable bonds is 16. The van der Waals surface area contributed by atoms with Gasteiger partial charge in [-0.05, 0) is 101 Å². The smallest absolute Gasteiger partial charge is 0.126 e. The molecule has 0 aliphatic carbocycles. The van der Waals surface area contributed by atoms with Gasteiger partial charge in [0.25, 0.3) is 0 Å². The Morgan fingerprint density at radius 1 is 0.500 bits per heavy atom. The average molecular weight is 648 g/mol. The van der Waals surface area contributed by atoms with Crippen molar-refractivity contribution in [3.8, 4) is 16.9 Å². The Morgan fingerprint density at radius 2 is 0.875 bits per heavy atom. The lowest BCUT2D eigenvalue weighted by Crippen LogP contribution is -2.20. The zero-order valence-corrected chi connectivity index (χ0v) is 30.9. The third-order valence-electron chi connectivity index (χ3n) is 9.21. The third-order valence-corrected chi connectivity index (χ3v) is 9.21. The number of nitrogen functional groups attached to an aromatic ring is 2. The minimum Gasteiger partial charge on any atom is -0.493 e. The summed E-state index contributed by atoms with van der Waals surface area (Å²) in [5.74, 6) is 1.07. The van der Waals surface area contributed by atoms with Gasteiger partial charge in [0.2, 0.25) is 0 Å². The van der Waals surface area contributed by atoms with Crippen LogP contribution in [0.25, 0.3) is 11.1 Å². The normalized spacial score (nSPS) is 11.9. The van der Waals surface area contributed by atoms with Crippen LogP contribution in [-0.4, -0.2) is 6.61 Å². The molecule has 0 radical (unpaired) electrons. The minimum absolute atomic E-state index is 0.0653. The van der Waals surface area contributed by atoms with Crippen LogP contribution in [0.5, 0.6) is 5.75 Å². The van der Waals surface area contributed by atoms with Gasteiger partial charge < -0.3 is 21.1 Å². The fourth-order valence-corrected chi connectivity index (χ4v) is 6.33. The molecule has 0 aliphatic rings. The molecular formula is C44H61N3O. The van der Waals surface area contributed by atoms with Crippen LogP contribution in [0.2, 0.25) is 0 Å². The Hall–Kier alpha value is -3.92. The molecule has 4 aromatic rings. The highest BCUT2D eigenvalue weighted by molar-refractivity contribution is 5.80. The molecule has 0 aliphatic heterocycles. The van der Waals surface area contributed by atoms with Gasteiger partial charge in [0, 0.05) is 39.6 Å². The molecule has 4 nitrogen and oxygen atoms in total. The van der Waals surface area contributed by atoms with Crippen molar-refractivity contribution in [1.29, 1.82) is 0 Å². The highest BCUT2D eigenvalue weighted by Gasteiger charge is 2.28. The molecule has 258 valence electrons. The van der Waals surface area contributed by atoms with Crippen molar-refractivity contribution in [2.45, 2.75) is 124 Å². The lowest BCUT2D eigenvalue weighted by molar-refractivity contribution is 0.288. The van der Waals surface area contributed by atoms with Crippen molar-refractivity contribution in [3.05, 3.63) is 96.1 Å². The summed E-state index contributed by atoms with van der Waals surface area (Å²) in [7, 11) is 0. The highest BCUT2D eigenvalue weighted by atomic mass is 16.5. The molecule has 0 fully saturated rings. The fraction of sp³-hybridized carbons (Fsp3) is 0.455. The molecule has 0 amide bonds. The van der Waals surface area contributed by atoms with E-state index in [4.69, 9.17) is 16.2 Å². The molecule has 4 heteroatoms. The van der Waals surface area contributed by atoms with Gasteiger partial charge in [-0.2, -0.15) is 0 Å². The van der Waals surface area contributed by atoms with E-state index < -0.39 is 0 Å². The quantitative estimate of drug-likeness (QED) is 0.0938. The molecule has 0 bridgehead atoms. The minimum atomic E-state index is -0.0653. The number of unbranched alkanes of at least 4 members (excludes halogenated alkanes) is 9. The van der Waals surface area contributed by atoms with Crippen LogP contribution in [0.1, 0.15) is 124 Å². The Bertz CT molecular complexity index is 1460. The molecule has 4 aromatic carbocycles. The SMILES string of the molecule is CCCCCCCCCCCCOc1c(C(C)(C)C)cc(-c2ccc(N(c3ccc(N)cc3)c3ccc(N)cc3)cc2)cc1C(C)(C)C. The maximum Gasteiger partial charge on any atom is 0.126 e. The molecule has 0 saturated heterocycles. The van der Waals surface area contributed by atoms with Crippen LogP contribution < -0.4 is 21.1 Å². The van der Waals surface area contributed by atoms with Crippen LogP contribution in [0, 0.1) is 0 Å². The lowest BCUT2D eigenvalue weighted by atomic mass is 9.77. The van der Waals surface area contributed by atoms with Gasteiger partial charge in [0.15, 0.2) is 0 Å². The second-order valence-electron chi connectivity index (χ2n) is 15.5. The zero-order valence-electron chi connectivity index (χ0n) is 30.9. The zero-order chi connectivity index (χ0) is 34.7. The Morgan fingerprint density at radius 3 is 1.27 bits per heavy atom. The molecule has 0 saturated carbocycles. The van der Waals surface area contributed by atoms with Crippen molar-refractivity contribution < 1.29 is 4.74 Å². The molecule has 4 N–H and O–H groups in total. The predicted octanol–water partition coefficient (Wildman–Crippen LogP) is 12.9. The van der Waals surface area contributed by atoms with E-state index in [2.05, 4.69) is 114 Å². The standard InChI is InChI=1S/C44H61N3O/c1-8-9-10-11-12-13-14-15-16-17-30-48-42-40(43(2,3)4)31-34(32-41(42)44(5,6)7)33-18-24-37(25-19-33)47(38-26-20-35(45)21-27-38)39-28-22-36(46)23-29-39/h18-29,31-32H,8-17,30,45-46H2,1-7H3. The summed E-state index contributed by atoms with van der Waals surface area (Å²) < 4.78 is 6.73. The van der Waals surface area contributed by atoms with Crippen LogP contribution >= 0.6 is 0 Å². The first-order valence-corrected chi connectivity index (χ1v) is 18.3. The van der Waals surface area contributed by atoms with E-state index in [0.717, 1.165) is 47.2 Å². The van der Waals surface area contributed by atoms with Gasteiger partial charge in [-0.3, -0.25) is 0 Å². The summed E-state index contributed by atoms with van der Waals surface area (Å²) in [6, 6.07) is 29.6. The highest BCUT2D eigenvalue weighted by Crippen LogP contribution is 2.44. The second-order valence-corrected chi connectivity index (χ2v) is 15.5. The summed E-state index contributed by atoms with van der Waals surface area (Å²) in [5.41, 5.74) is 21.5. The Kier molecular flexibility index (Phi) is 13.0. The summed E-state index contributed by atoms with van der Waals surface area (Å²) in [4.78, 5) is 2.23. The van der Waals surface area contributed by atoms with Crippen LogP contribution in [0.4, 0.5) is 28.4 Å². The number of nitrogens with zero attached hydrogens (tertiary/aromatic N) is 1. The first-order valence-electron chi connectivity index (χ1n) is 18.3. The number of hydrogen-bond donors (Lipinski definition) is 2. The largest absolute Gasteiger partial charge is 0.493 e. The lowest BCUT2D eigenvalue weighted by Gasteiger charge is -2.31. The van der Waals surface area contributed by atoms with E-state index >= 15 is 0 Å². The maximum absolute atomic E-state index is 6.73. The summed E-state index contributed by atoms with van der Waals surface area (Å²) in [5, 5.41) is 0. The monoisotopic (exact) mass is 647 g/mol. The van der Waals surface area contributed by atoms with Gasteiger partial charge in [0.1, 0.15) is 5.75 Å². The summed E-state index contributed by atoms with van der Waals surface area (Å²) in [6.07, 6.45) is 13.2. The van der Waals surface area contributed by atoms with E-state index in [-0.39, 0.29) is 10.8 Å². The first-order chi connectivity index (χ1) is 22.9. The molecule has 4 rings (SSSR count). The van der Waals surface area contributed by atoms with E-state index in [1.807, 2.05) is 24.3 Å². The number of ether oxygens (including phenoxy) is 1. The average Bonchev–Trinajstić information content (AvgIpc) is 3.05. The summed E-state index contributed by atoms with van der Waals surface area (Å²) in [6.45, 7) is 16.8. The number of nitrogens with two attached hydrogens (primary N) is 2. The molecule has 48 heavy (non-hydrogen) atoms. The first kappa shape index (κ1) is 36.9. The van der Waals surface area contributed by atoms with Gasteiger partial charge in [0.05, 0.1) is 6.61 Å². The van der Waals surface area contributed by atoms with Crippen LogP contribution in [-0.2, 0) is 10.8 Å². The van der Waals surface area contributed by atoms with Crippen LogP contribution in [0.3, 0.4) is 0 Å². The predicted molar refractivity (Wildman–Crippen MR) is 210 cm³/mol. The molecule has 0 heterocycles. The van der Waals surface area contributed by atoms with Crippen molar-refractivity contribution in [2.75, 3.05) is 23.0 Å². The van der Waals surface area contributed by atoms with Crippen molar-refractivity contribution in [2.24, 2.45) is 0 Å². The Labute approximate surface area is 291 Å². The molecule has 0 spiro atoms. The number of anilines is 5. The van der Waals surface area contributed by atoms with Gasteiger partial charge in [-0.15, -0.1) is 0 Å². The molecular weight excluding hydrogens is 587 g/mol. The maximum atomic E-state index is 6.73. The van der Waals surface area contributed by atoms with Crippen LogP contribution in [0.15, 0.2) is 84.9 Å². The second kappa shape index (κ2) is 17.0. The molecule has 0 aromatic heterocycles. The fourth-order valence-electron chi connectivity index (χ4n) is 6.33. The van der Waals surface area contributed by atoms with Crippen molar-refractivity contribution in [3.63, 3.8) is 0 Å². The van der Waals surface area contributed by atoms with E-state index in [1.54, 1.807) is 0 Å². The van der Waals surface area contributed by atoms with Gasteiger partial charge >= 0.3 is 0 Å². The summed E-state index contributed by atoms with van der Waals surface area (Å²) >= 11 is 0. The molecule has 0 unspecified atom stereocenters. The van der Waals surface area contributed by atoms with Gasteiger partial charge in [-0.1, -0.05) is 118 Å². The van der Waals surface area contributed by atoms with Gasteiger partial charge in [-0.25, -0.2) is 0 Å². The Balaban J connectivity index is 1.56. The third kappa shape index (κ3) is 10.3. The van der Waals surface area contributed by atoms with E-state index in [1.165, 1.54) is 80.0 Å². The van der Waals surface area contributed by atoms with E-state index in [0.29, 0.717) is 0 Å². The van der Waals surface area contributed by atoms with E-state index in [9.17, 15) is 0 Å². The van der Waals surface area contributed by atoms with Crippen molar-refractivity contribution in [1.82, 2.24) is 0 Å². The topological polar surface area (TPSA) is 64.5 Å². The molecule has 0 atom stereocenters.